The monoisotopic (exact) mass is 301 g/mol. The van der Waals surface area contributed by atoms with Crippen molar-refractivity contribution in [3.8, 4) is 23.2 Å². The fraction of sp³-hybridized carbons (Fsp3) is 0.0714. The molecule has 2 aromatic heterocycles. The second-order valence-electron chi connectivity index (χ2n) is 4.27. The number of rotatable bonds is 3. The van der Waals surface area contributed by atoms with Crippen molar-refractivity contribution >= 4 is 17.3 Å². The van der Waals surface area contributed by atoms with Gasteiger partial charge >= 0.3 is 6.01 Å². The Morgan fingerprint density at radius 1 is 1.29 bits per heavy atom. The molecule has 0 atom stereocenters. The first-order valence-electron chi connectivity index (χ1n) is 6.15. The predicted molar refractivity (Wildman–Crippen MR) is 80.6 cm³/mol. The van der Waals surface area contributed by atoms with Crippen LogP contribution in [0.15, 0.2) is 42.9 Å². The number of imidazole rings is 1. The van der Waals surface area contributed by atoms with Crippen LogP contribution in [0.4, 0.5) is 5.69 Å². The van der Waals surface area contributed by atoms with Gasteiger partial charge in [0.15, 0.2) is 5.82 Å². The maximum absolute atomic E-state index is 6.18. The van der Waals surface area contributed by atoms with Crippen LogP contribution in [-0.2, 0) is 0 Å². The van der Waals surface area contributed by atoms with Gasteiger partial charge in [0, 0.05) is 23.6 Å². The quantitative estimate of drug-likeness (QED) is 0.752. The first kappa shape index (κ1) is 13.4. The highest BCUT2D eigenvalue weighted by Crippen LogP contribution is 2.26. The van der Waals surface area contributed by atoms with Crippen LogP contribution in [0.3, 0.4) is 0 Å². The molecule has 0 amide bonds. The Bertz CT molecular complexity index is 787. The zero-order valence-electron chi connectivity index (χ0n) is 11.2. The van der Waals surface area contributed by atoms with Gasteiger partial charge in [-0.25, -0.2) is 9.97 Å². The zero-order chi connectivity index (χ0) is 14.8. The van der Waals surface area contributed by atoms with Gasteiger partial charge in [0.25, 0.3) is 0 Å². The SMILES string of the molecule is COc1ncc(Cl)c(-n2ccnc2-c2cccc(N)c2)n1. The summed E-state index contributed by atoms with van der Waals surface area (Å²) >= 11 is 6.18. The number of aromatic nitrogens is 4. The minimum atomic E-state index is 0.238. The summed E-state index contributed by atoms with van der Waals surface area (Å²) in [6.45, 7) is 0. The highest BCUT2D eigenvalue weighted by atomic mass is 35.5. The lowest BCUT2D eigenvalue weighted by molar-refractivity contribution is 0.379. The van der Waals surface area contributed by atoms with E-state index in [1.807, 2.05) is 24.3 Å². The first-order valence-corrected chi connectivity index (χ1v) is 6.53. The third-order valence-electron chi connectivity index (χ3n) is 2.90. The number of nitrogens with zero attached hydrogens (tertiary/aromatic N) is 4. The van der Waals surface area contributed by atoms with E-state index in [2.05, 4.69) is 15.0 Å². The molecule has 0 spiro atoms. The molecule has 0 unspecified atom stereocenters. The van der Waals surface area contributed by atoms with Crippen LogP contribution in [0.5, 0.6) is 6.01 Å². The summed E-state index contributed by atoms with van der Waals surface area (Å²) in [5, 5.41) is 0.402. The molecule has 1 aromatic carbocycles. The molecule has 0 saturated heterocycles. The number of nitrogens with two attached hydrogens (primary N) is 1. The van der Waals surface area contributed by atoms with Crippen LogP contribution in [0, 0.1) is 0 Å². The van der Waals surface area contributed by atoms with Gasteiger partial charge in [0.2, 0.25) is 0 Å². The van der Waals surface area contributed by atoms with Gasteiger partial charge in [-0.1, -0.05) is 23.7 Å². The van der Waals surface area contributed by atoms with E-state index < -0.39 is 0 Å². The summed E-state index contributed by atoms with van der Waals surface area (Å²) in [7, 11) is 1.50. The zero-order valence-corrected chi connectivity index (χ0v) is 11.9. The second kappa shape index (κ2) is 5.41. The summed E-state index contributed by atoms with van der Waals surface area (Å²) in [5.41, 5.74) is 7.35. The van der Waals surface area contributed by atoms with Crippen LogP contribution in [0.2, 0.25) is 5.02 Å². The molecular weight excluding hydrogens is 290 g/mol. The highest BCUT2D eigenvalue weighted by molar-refractivity contribution is 6.32. The molecule has 3 rings (SSSR count). The highest BCUT2D eigenvalue weighted by Gasteiger charge is 2.13. The van der Waals surface area contributed by atoms with Crippen molar-refractivity contribution in [3.05, 3.63) is 47.9 Å². The molecule has 0 fully saturated rings. The number of hydrogen-bond donors (Lipinski definition) is 1. The lowest BCUT2D eigenvalue weighted by Gasteiger charge is -2.10. The molecule has 106 valence electrons. The van der Waals surface area contributed by atoms with E-state index in [1.54, 1.807) is 17.0 Å². The van der Waals surface area contributed by atoms with Crippen LogP contribution in [0.25, 0.3) is 17.2 Å². The average molecular weight is 302 g/mol. The number of methoxy groups -OCH3 is 1. The molecular formula is C14H12ClN5O. The summed E-state index contributed by atoms with van der Waals surface area (Å²) in [5.74, 6) is 1.18. The van der Waals surface area contributed by atoms with Crippen molar-refractivity contribution in [2.24, 2.45) is 0 Å². The number of ether oxygens (including phenoxy) is 1. The summed E-state index contributed by atoms with van der Waals surface area (Å²) in [4.78, 5) is 12.6. The Hall–Kier alpha value is -2.60. The van der Waals surface area contributed by atoms with E-state index in [-0.39, 0.29) is 6.01 Å². The van der Waals surface area contributed by atoms with E-state index in [0.717, 1.165) is 5.56 Å². The Balaban J connectivity index is 2.15. The predicted octanol–water partition coefficient (Wildman–Crippen LogP) is 2.57. The van der Waals surface area contributed by atoms with E-state index in [4.69, 9.17) is 22.1 Å². The molecule has 21 heavy (non-hydrogen) atoms. The third kappa shape index (κ3) is 2.53. The molecule has 7 heteroatoms. The average Bonchev–Trinajstić information content (AvgIpc) is 2.97. The number of hydrogen-bond acceptors (Lipinski definition) is 5. The fourth-order valence-electron chi connectivity index (χ4n) is 1.98. The number of benzene rings is 1. The maximum Gasteiger partial charge on any atom is 0.318 e. The van der Waals surface area contributed by atoms with Crippen molar-refractivity contribution in [2.45, 2.75) is 0 Å². The summed E-state index contributed by atoms with van der Waals surface area (Å²) < 4.78 is 6.80. The molecule has 3 aromatic rings. The Labute approximate surface area is 126 Å². The van der Waals surface area contributed by atoms with Crippen LogP contribution in [0.1, 0.15) is 0 Å². The lowest BCUT2D eigenvalue weighted by Crippen LogP contribution is -2.03. The van der Waals surface area contributed by atoms with Crippen molar-refractivity contribution in [1.82, 2.24) is 19.5 Å². The third-order valence-corrected chi connectivity index (χ3v) is 3.17. The van der Waals surface area contributed by atoms with Gasteiger partial charge in [-0.05, 0) is 12.1 Å². The Morgan fingerprint density at radius 2 is 2.14 bits per heavy atom. The first-order chi connectivity index (χ1) is 10.2. The van der Waals surface area contributed by atoms with Crippen molar-refractivity contribution in [2.75, 3.05) is 12.8 Å². The van der Waals surface area contributed by atoms with Gasteiger partial charge in [-0.15, -0.1) is 0 Å². The van der Waals surface area contributed by atoms with Crippen molar-refractivity contribution in [1.29, 1.82) is 0 Å². The van der Waals surface area contributed by atoms with Gasteiger partial charge < -0.3 is 10.5 Å². The molecule has 0 aliphatic heterocycles. The minimum Gasteiger partial charge on any atom is -0.467 e. The van der Waals surface area contributed by atoms with E-state index in [1.165, 1.54) is 13.3 Å². The Kier molecular flexibility index (Phi) is 3.45. The van der Waals surface area contributed by atoms with Gasteiger partial charge in [0.05, 0.1) is 13.3 Å². The smallest absolute Gasteiger partial charge is 0.318 e. The summed E-state index contributed by atoms with van der Waals surface area (Å²) in [6.07, 6.45) is 4.93. The second-order valence-corrected chi connectivity index (χ2v) is 4.68. The molecule has 2 heterocycles. The molecule has 0 saturated carbocycles. The van der Waals surface area contributed by atoms with Gasteiger partial charge in [-0.2, -0.15) is 4.98 Å². The van der Waals surface area contributed by atoms with Gasteiger partial charge in [-0.3, -0.25) is 4.57 Å². The molecule has 0 bridgehead atoms. The fourth-order valence-corrected chi connectivity index (χ4v) is 2.16. The topological polar surface area (TPSA) is 78.8 Å². The van der Waals surface area contributed by atoms with Crippen LogP contribution < -0.4 is 10.5 Å². The summed E-state index contributed by atoms with van der Waals surface area (Å²) in [6, 6.07) is 7.68. The Morgan fingerprint density at radius 3 is 2.90 bits per heavy atom. The van der Waals surface area contributed by atoms with Crippen LogP contribution in [-0.4, -0.2) is 26.6 Å². The van der Waals surface area contributed by atoms with E-state index in [0.29, 0.717) is 22.4 Å². The van der Waals surface area contributed by atoms with Gasteiger partial charge in [0.1, 0.15) is 10.8 Å². The molecule has 6 nitrogen and oxygen atoms in total. The van der Waals surface area contributed by atoms with Crippen molar-refractivity contribution in [3.63, 3.8) is 0 Å². The molecule has 0 radical (unpaired) electrons. The van der Waals surface area contributed by atoms with Crippen molar-refractivity contribution < 1.29 is 4.74 Å². The normalized spacial score (nSPS) is 10.6. The molecule has 2 N–H and O–H groups in total. The number of halogens is 1. The molecule has 0 aliphatic rings. The molecule has 0 aliphatic carbocycles. The number of nitrogen functional groups attached to an aromatic ring is 1. The number of anilines is 1. The lowest BCUT2D eigenvalue weighted by atomic mass is 10.2. The maximum atomic E-state index is 6.18. The standard InChI is InChI=1S/C14H12ClN5O/c1-21-14-18-8-11(15)13(19-14)20-6-5-17-12(20)9-3-2-4-10(16)7-9/h2-8H,16H2,1H3. The van der Waals surface area contributed by atoms with E-state index >= 15 is 0 Å². The largest absolute Gasteiger partial charge is 0.467 e. The van der Waals surface area contributed by atoms with Crippen LogP contribution >= 0.6 is 11.6 Å². The van der Waals surface area contributed by atoms with E-state index in [9.17, 15) is 0 Å². The minimum absolute atomic E-state index is 0.238.